The van der Waals surface area contributed by atoms with Crippen molar-refractivity contribution in [3.63, 3.8) is 0 Å². The highest BCUT2D eigenvalue weighted by molar-refractivity contribution is 6.00. The average Bonchev–Trinajstić information content (AvgIpc) is 2.52. The molecule has 0 bridgehead atoms. The summed E-state index contributed by atoms with van der Waals surface area (Å²) >= 11 is 0. The van der Waals surface area contributed by atoms with Crippen LogP contribution in [0.5, 0.6) is 0 Å². The summed E-state index contributed by atoms with van der Waals surface area (Å²) < 4.78 is 0. The number of amides is 1. The van der Waals surface area contributed by atoms with Crippen LogP contribution < -0.4 is 10.4 Å². The largest absolute Gasteiger partial charge is 0.275 e. The third kappa shape index (κ3) is 2.50. The van der Waals surface area contributed by atoms with Gasteiger partial charge < -0.3 is 0 Å². The van der Waals surface area contributed by atoms with Crippen molar-refractivity contribution in [3.8, 4) is 0 Å². The van der Waals surface area contributed by atoms with E-state index in [0.717, 1.165) is 12.1 Å². The van der Waals surface area contributed by atoms with E-state index in [0.29, 0.717) is 11.5 Å². The minimum atomic E-state index is -0.395. The molecule has 1 aliphatic rings. The quantitative estimate of drug-likeness (QED) is 0.845. The summed E-state index contributed by atoms with van der Waals surface area (Å²) in [6, 6.07) is 8.32. The highest BCUT2D eigenvalue weighted by atomic mass is 16.2. The maximum Gasteiger partial charge on any atom is 0.267 e. The van der Waals surface area contributed by atoms with E-state index in [2.05, 4.69) is 38.0 Å². The zero-order chi connectivity index (χ0) is 14.2. The lowest BCUT2D eigenvalue weighted by atomic mass is 9.95. The number of benzene rings is 1. The van der Waals surface area contributed by atoms with Crippen molar-refractivity contribution in [2.45, 2.75) is 39.7 Å². The fourth-order valence-corrected chi connectivity index (χ4v) is 2.40. The number of hydrogen-bond acceptors (Lipinski definition) is 2. The summed E-state index contributed by atoms with van der Waals surface area (Å²) in [5.41, 5.74) is 5.39. The number of nitrogens with zero attached hydrogens (tertiary/aromatic N) is 1. The van der Waals surface area contributed by atoms with Gasteiger partial charge in [-0.3, -0.25) is 15.2 Å². The first-order valence-corrected chi connectivity index (χ1v) is 6.72. The molecule has 1 saturated heterocycles. The van der Waals surface area contributed by atoms with E-state index in [1.54, 1.807) is 0 Å². The van der Waals surface area contributed by atoms with E-state index in [1.165, 1.54) is 5.56 Å². The summed E-state index contributed by atoms with van der Waals surface area (Å²) in [6.07, 6.45) is 1.04. The zero-order valence-corrected chi connectivity index (χ0v) is 12.2. The molecule has 0 aliphatic carbocycles. The topological polar surface area (TPSA) is 32.3 Å². The molecule has 0 saturated carbocycles. The van der Waals surface area contributed by atoms with Crippen LogP contribution in [0.25, 0.3) is 0 Å². The molecule has 1 amide bonds. The van der Waals surface area contributed by atoms with Crippen LogP contribution in [-0.4, -0.2) is 11.4 Å². The molecule has 102 valence electrons. The fraction of sp³-hybridized carbons (Fsp3) is 0.438. The molecule has 1 heterocycles. The highest BCUT2D eigenvalue weighted by Crippen LogP contribution is 2.32. The Morgan fingerprint density at radius 2 is 2.05 bits per heavy atom. The van der Waals surface area contributed by atoms with Gasteiger partial charge in [-0.2, -0.15) is 0 Å². The van der Waals surface area contributed by atoms with Crippen LogP contribution in [-0.2, 0) is 11.2 Å². The molecule has 2 rings (SSSR count). The van der Waals surface area contributed by atoms with Gasteiger partial charge in [0.2, 0.25) is 0 Å². The fourth-order valence-electron chi connectivity index (χ4n) is 2.40. The third-order valence-electron chi connectivity index (χ3n) is 3.60. The molecule has 1 N–H and O–H groups in total. The van der Waals surface area contributed by atoms with E-state index >= 15 is 0 Å². The molecule has 0 radical (unpaired) electrons. The van der Waals surface area contributed by atoms with Gasteiger partial charge in [-0.05, 0) is 43.9 Å². The van der Waals surface area contributed by atoms with Gasteiger partial charge in [0, 0.05) is 5.57 Å². The van der Waals surface area contributed by atoms with Crippen molar-refractivity contribution in [1.82, 2.24) is 5.43 Å². The summed E-state index contributed by atoms with van der Waals surface area (Å²) in [7, 11) is 0. The minimum Gasteiger partial charge on any atom is -0.275 e. The summed E-state index contributed by atoms with van der Waals surface area (Å²) in [5, 5.41) is 1.90. The van der Waals surface area contributed by atoms with Gasteiger partial charge in [0.05, 0.1) is 11.2 Å². The molecule has 0 atom stereocenters. The van der Waals surface area contributed by atoms with Gasteiger partial charge in [-0.1, -0.05) is 32.6 Å². The van der Waals surface area contributed by atoms with Gasteiger partial charge in [0.1, 0.15) is 0 Å². The van der Waals surface area contributed by atoms with Gasteiger partial charge >= 0.3 is 0 Å². The molecular formula is C16H22N2O. The lowest BCUT2D eigenvalue weighted by Crippen LogP contribution is -2.44. The summed E-state index contributed by atoms with van der Waals surface area (Å²) in [4.78, 5) is 11.8. The standard InChI is InChI=1S/C16H22N2O/c1-11(2)9-13-7-6-8-14(10-13)18-16(4,5)12(3)15(19)17-18/h6-8,10-11H,3,9H2,1-2,4-5H3,(H,17,19). The van der Waals surface area contributed by atoms with E-state index in [4.69, 9.17) is 0 Å². The maximum atomic E-state index is 11.8. The first-order chi connectivity index (χ1) is 8.82. The molecule has 3 heteroatoms. The van der Waals surface area contributed by atoms with Crippen molar-refractivity contribution in [1.29, 1.82) is 0 Å². The normalized spacial score (nSPS) is 18.1. The average molecular weight is 258 g/mol. The molecular weight excluding hydrogens is 236 g/mol. The van der Waals surface area contributed by atoms with Crippen molar-refractivity contribution < 1.29 is 4.79 Å². The Bertz CT molecular complexity index is 517. The molecule has 1 aliphatic heterocycles. The van der Waals surface area contributed by atoms with Crippen LogP contribution in [0.1, 0.15) is 33.3 Å². The monoisotopic (exact) mass is 258 g/mol. The van der Waals surface area contributed by atoms with E-state index in [-0.39, 0.29) is 5.91 Å². The SMILES string of the molecule is C=C1C(=O)NN(c2cccc(CC(C)C)c2)C1(C)C. The molecule has 1 fully saturated rings. The molecule has 1 aromatic rings. The molecule has 3 nitrogen and oxygen atoms in total. The molecule has 0 unspecified atom stereocenters. The summed E-state index contributed by atoms with van der Waals surface area (Å²) in [5.74, 6) is 0.519. The number of carbonyl (C=O) groups is 1. The van der Waals surface area contributed by atoms with Gasteiger partial charge in [0.15, 0.2) is 0 Å². The first kappa shape index (κ1) is 13.7. The Hall–Kier alpha value is -1.77. The predicted octanol–water partition coefficient (Wildman–Crippen LogP) is 3.07. The Balaban J connectivity index is 2.32. The smallest absolute Gasteiger partial charge is 0.267 e. The van der Waals surface area contributed by atoms with E-state index in [9.17, 15) is 4.79 Å². The Kier molecular flexibility index (Phi) is 3.40. The van der Waals surface area contributed by atoms with Crippen LogP contribution in [0.2, 0.25) is 0 Å². The van der Waals surface area contributed by atoms with E-state index < -0.39 is 5.54 Å². The van der Waals surface area contributed by atoms with Crippen molar-refractivity contribution in [2.24, 2.45) is 5.92 Å². The molecule has 19 heavy (non-hydrogen) atoms. The number of carbonyl (C=O) groups excluding carboxylic acids is 1. The number of hydrogen-bond donors (Lipinski definition) is 1. The van der Waals surface area contributed by atoms with E-state index in [1.807, 2.05) is 31.0 Å². The highest BCUT2D eigenvalue weighted by Gasteiger charge is 2.41. The zero-order valence-electron chi connectivity index (χ0n) is 12.2. The lowest BCUT2D eigenvalue weighted by molar-refractivity contribution is -0.116. The molecule has 0 spiro atoms. The Labute approximate surface area is 115 Å². The van der Waals surface area contributed by atoms with Crippen molar-refractivity contribution in [3.05, 3.63) is 42.0 Å². The second kappa shape index (κ2) is 4.72. The van der Waals surface area contributed by atoms with Crippen LogP contribution >= 0.6 is 0 Å². The van der Waals surface area contributed by atoms with Crippen LogP contribution in [0.15, 0.2) is 36.4 Å². The lowest BCUT2D eigenvalue weighted by Gasteiger charge is -2.32. The number of anilines is 1. The third-order valence-corrected chi connectivity index (χ3v) is 3.60. The van der Waals surface area contributed by atoms with Crippen molar-refractivity contribution in [2.75, 3.05) is 5.01 Å². The Morgan fingerprint density at radius 1 is 1.37 bits per heavy atom. The number of nitrogens with one attached hydrogen (secondary N) is 1. The van der Waals surface area contributed by atoms with Gasteiger partial charge in [0.25, 0.3) is 5.91 Å². The number of rotatable bonds is 3. The van der Waals surface area contributed by atoms with Gasteiger partial charge in [-0.25, -0.2) is 0 Å². The Morgan fingerprint density at radius 3 is 2.58 bits per heavy atom. The number of hydrazine groups is 1. The maximum absolute atomic E-state index is 11.8. The van der Waals surface area contributed by atoms with Gasteiger partial charge in [-0.15, -0.1) is 0 Å². The van der Waals surface area contributed by atoms with Crippen LogP contribution in [0.3, 0.4) is 0 Å². The first-order valence-electron chi connectivity index (χ1n) is 6.72. The molecule has 0 aromatic heterocycles. The molecule has 1 aromatic carbocycles. The second-order valence-corrected chi connectivity index (χ2v) is 6.08. The summed E-state index contributed by atoms with van der Waals surface area (Å²) in [6.45, 7) is 12.3. The minimum absolute atomic E-state index is 0.0979. The second-order valence-electron chi connectivity index (χ2n) is 6.08. The van der Waals surface area contributed by atoms with Crippen molar-refractivity contribution >= 4 is 11.6 Å². The predicted molar refractivity (Wildman–Crippen MR) is 78.8 cm³/mol. The van der Waals surface area contributed by atoms with Crippen LogP contribution in [0.4, 0.5) is 5.69 Å². The van der Waals surface area contributed by atoms with Crippen LogP contribution in [0, 0.1) is 5.92 Å².